The molecule has 1 fully saturated rings. The van der Waals surface area contributed by atoms with Crippen molar-refractivity contribution in [1.29, 1.82) is 0 Å². The first-order valence-electron chi connectivity index (χ1n) is 10.1. The highest BCUT2D eigenvalue weighted by Gasteiger charge is 2.19. The lowest BCUT2D eigenvalue weighted by molar-refractivity contribution is -0.121. The van der Waals surface area contributed by atoms with Crippen molar-refractivity contribution in [3.63, 3.8) is 0 Å². The molecule has 0 radical (unpaired) electrons. The maximum Gasteiger partial charge on any atom is 0.253 e. The van der Waals surface area contributed by atoms with Crippen molar-refractivity contribution in [2.45, 2.75) is 39.2 Å². The number of aryl methyl sites for hydroxylation is 1. The van der Waals surface area contributed by atoms with E-state index >= 15 is 0 Å². The molecule has 1 aliphatic heterocycles. The summed E-state index contributed by atoms with van der Waals surface area (Å²) in [5.41, 5.74) is 2.59. The zero-order valence-corrected chi connectivity index (χ0v) is 17.5. The van der Waals surface area contributed by atoms with E-state index in [1.807, 2.05) is 48.2 Å². The van der Waals surface area contributed by atoms with Crippen LogP contribution < -0.4 is 10.1 Å². The van der Waals surface area contributed by atoms with Gasteiger partial charge in [-0.25, -0.2) is 0 Å². The van der Waals surface area contributed by atoms with Crippen LogP contribution in [0.25, 0.3) is 0 Å². The molecule has 6 heteroatoms. The molecular formula is C23H27ClN2O3. The predicted molar refractivity (Wildman–Crippen MR) is 114 cm³/mol. The summed E-state index contributed by atoms with van der Waals surface area (Å²) in [6.07, 6.45) is 3.16. The summed E-state index contributed by atoms with van der Waals surface area (Å²) in [5.74, 6) is 0.831. The highest BCUT2D eigenvalue weighted by molar-refractivity contribution is 6.30. The van der Waals surface area contributed by atoms with Crippen molar-refractivity contribution in [1.82, 2.24) is 10.2 Å². The Morgan fingerprint density at radius 1 is 1.14 bits per heavy atom. The summed E-state index contributed by atoms with van der Waals surface area (Å²) in [6.45, 7) is 4.48. The fourth-order valence-electron chi connectivity index (χ4n) is 3.40. The Bertz CT molecular complexity index is 863. The third kappa shape index (κ3) is 6.23. The second-order valence-electron chi connectivity index (χ2n) is 7.34. The average Bonchev–Trinajstić information content (AvgIpc) is 3.25. The smallest absolute Gasteiger partial charge is 0.253 e. The highest BCUT2D eigenvalue weighted by Crippen LogP contribution is 2.22. The SMILES string of the molecule is Cc1cc(Cl)ccc1OCCCC(=O)NCc1cccc(C(=O)N2CCCC2)c1. The van der Waals surface area contributed by atoms with E-state index in [4.69, 9.17) is 16.3 Å². The van der Waals surface area contributed by atoms with Crippen LogP contribution >= 0.6 is 11.6 Å². The van der Waals surface area contributed by atoms with Gasteiger partial charge in [0, 0.05) is 36.6 Å². The van der Waals surface area contributed by atoms with E-state index in [1.54, 1.807) is 6.07 Å². The molecule has 0 aliphatic carbocycles. The molecule has 1 N–H and O–H groups in total. The number of ether oxygens (including phenoxy) is 1. The number of likely N-dealkylation sites (tertiary alicyclic amines) is 1. The Morgan fingerprint density at radius 3 is 2.69 bits per heavy atom. The van der Waals surface area contributed by atoms with Gasteiger partial charge in [0.25, 0.3) is 5.91 Å². The topological polar surface area (TPSA) is 58.6 Å². The predicted octanol–water partition coefficient (Wildman–Crippen LogP) is 4.36. The van der Waals surface area contributed by atoms with Crippen LogP contribution in [0.15, 0.2) is 42.5 Å². The van der Waals surface area contributed by atoms with E-state index < -0.39 is 0 Å². The van der Waals surface area contributed by atoms with Crippen LogP contribution in [0.4, 0.5) is 0 Å². The summed E-state index contributed by atoms with van der Waals surface area (Å²) in [5, 5.41) is 3.60. The first kappa shape index (κ1) is 21.2. The summed E-state index contributed by atoms with van der Waals surface area (Å²) < 4.78 is 5.71. The number of carbonyl (C=O) groups excluding carboxylic acids is 2. The zero-order chi connectivity index (χ0) is 20.6. The fraction of sp³-hybridized carbons (Fsp3) is 0.391. The van der Waals surface area contributed by atoms with E-state index in [0.717, 1.165) is 42.8 Å². The van der Waals surface area contributed by atoms with Crippen molar-refractivity contribution in [3.05, 3.63) is 64.2 Å². The van der Waals surface area contributed by atoms with E-state index in [0.29, 0.717) is 36.6 Å². The highest BCUT2D eigenvalue weighted by atomic mass is 35.5. The number of hydrogen-bond acceptors (Lipinski definition) is 3. The summed E-state index contributed by atoms with van der Waals surface area (Å²) in [7, 11) is 0. The maximum absolute atomic E-state index is 12.5. The molecule has 1 aliphatic rings. The monoisotopic (exact) mass is 414 g/mol. The standard InChI is InChI=1S/C23H27ClN2O3/c1-17-14-20(24)9-10-21(17)29-13-5-8-22(27)25-16-18-6-4-7-19(15-18)23(28)26-11-2-3-12-26/h4,6-7,9-10,14-15H,2-3,5,8,11-13,16H2,1H3,(H,25,27). The Morgan fingerprint density at radius 2 is 1.93 bits per heavy atom. The fourth-order valence-corrected chi connectivity index (χ4v) is 3.62. The van der Waals surface area contributed by atoms with Crippen molar-refractivity contribution < 1.29 is 14.3 Å². The van der Waals surface area contributed by atoms with Gasteiger partial charge in [-0.2, -0.15) is 0 Å². The molecule has 2 aromatic rings. The zero-order valence-electron chi connectivity index (χ0n) is 16.7. The molecule has 0 unspecified atom stereocenters. The molecule has 3 rings (SSSR count). The van der Waals surface area contributed by atoms with Gasteiger partial charge in [-0.1, -0.05) is 23.7 Å². The number of nitrogens with one attached hydrogen (secondary N) is 1. The van der Waals surface area contributed by atoms with Gasteiger partial charge in [-0.3, -0.25) is 9.59 Å². The van der Waals surface area contributed by atoms with Gasteiger partial charge in [0.1, 0.15) is 5.75 Å². The van der Waals surface area contributed by atoms with Gasteiger partial charge in [-0.15, -0.1) is 0 Å². The van der Waals surface area contributed by atoms with Gasteiger partial charge in [0.05, 0.1) is 6.61 Å². The lowest BCUT2D eigenvalue weighted by atomic mass is 10.1. The largest absolute Gasteiger partial charge is 0.493 e. The van der Waals surface area contributed by atoms with E-state index in [9.17, 15) is 9.59 Å². The molecule has 5 nitrogen and oxygen atoms in total. The molecule has 1 heterocycles. The molecule has 154 valence electrons. The van der Waals surface area contributed by atoms with E-state index in [1.165, 1.54) is 0 Å². The third-order valence-electron chi connectivity index (χ3n) is 5.00. The molecular weight excluding hydrogens is 388 g/mol. The second kappa shape index (κ2) is 10.3. The molecule has 2 aromatic carbocycles. The molecule has 0 saturated carbocycles. The van der Waals surface area contributed by atoms with Crippen molar-refractivity contribution in [2.75, 3.05) is 19.7 Å². The lowest BCUT2D eigenvalue weighted by Gasteiger charge is -2.15. The van der Waals surface area contributed by atoms with Crippen molar-refractivity contribution in [3.8, 4) is 5.75 Å². The minimum atomic E-state index is -0.0299. The quantitative estimate of drug-likeness (QED) is 0.653. The van der Waals surface area contributed by atoms with Crippen LogP contribution in [0.3, 0.4) is 0 Å². The Kier molecular flexibility index (Phi) is 7.53. The average molecular weight is 415 g/mol. The van der Waals surface area contributed by atoms with Crippen LogP contribution in [0.2, 0.25) is 5.02 Å². The molecule has 29 heavy (non-hydrogen) atoms. The van der Waals surface area contributed by atoms with Crippen molar-refractivity contribution in [2.24, 2.45) is 0 Å². The Balaban J connectivity index is 1.40. The van der Waals surface area contributed by atoms with Gasteiger partial charge in [0.2, 0.25) is 5.91 Å². The van der Waals surface area contributed by atoms with Gasteiger partial charge < -0.3 is 15.0 Å². The van der Waals surface area contributed by atoms with Crippen LogP contribution in [0, 0.1) is 6.92 Å². The minimum Gasteiger partial charge on any atom is -0.493 e. The lowest BCUT2D eigenvalue weighted by Crippen LogP contribution is -2.28. The van der Waals surface area contributed by atoms with Crippen LogP contribution in [-0.4, -0.2) is 36.4 Å². The molecule has 0 spiro atoms. The van der Waals surface area contributed by atoms with E-state index in [2.05, 4.69) is 5.32 Å². The molecule has 1 saturated heterocycles. The molecule has 0 aromatic heterocycles. The minimum absolute atomic E-state index is 0.0299. The van der Waals surface area contributed by atoms with Crippen LogP contribution in [-0.2, 0) is 11.3 Å². The number of hydrogen-bond donors (Lipinski definition) is 1. The van der Waals surface area contributed by atoms with Gasteiger partial charge in [0.15, 0.2) is 0 Å². The third-order valence-corrected chi connectivity index (χ3v) is 5.23. The molecule has 0 atom stereocenters. The van der Waals surface area contributed by atoms with Gasteiger partial charge >= 0.3 is 0 Å². The van der Waals surface area contributed by atoms with Crippen LogP contribution in [0.1, 0.15) is 47.2 Å². The number of nitrogens with zero attached hydrogens (tertiary/aromatic N) is 1. The van der Waals surface area contributed by atoms with Crippen LogP contribution in [0.5, 0.6) is 5.75 Å². The van der Waals surface area contributed by atoms with Gasteiger partial charge in [-0.05, 0) is 67.6 Å². The number of benzene rings is 2. The second-order valence-corrected chi connectivity index (χ2v) is 7.77. The first-order valence-corrected chi connectivity index (χ1v) is 10.4. The molecule has 0 bridgehead atoms. The number of amides is 2. The van der Waals surface area contributed by atoms with E-state index in [-0.39, 0.29) is 11.8 Å². The summed E-state index contributed by atoms with van der Waals surface area (Å²) in [6, 6.07) is 13.0. The van der Waals surface area contributed by atoms with Crippen molar-refractivity contribution >= 4 is 23.4 Å². The molecule has 2 amide bonds. The summed E-state index contributed by atoms with van der Waals surface area (Å²) in [4.78, 5) is 26.5. The maximum atomic E-state index is 12.5. The Hall–Kier alpha value is -2.53. The Labute approximate surface area is 177 Å². The normalized spacial score (nSPS) is 13.4. The number of carbonyl (C=O) groups is 2. The number of rotatable bonds is 8. The number of halogens is 1. The first-order chi connectivity index (χ1) is 14.0. The summed E-state index contributed by atoms with van der Waals surface area (Å²) >= 11 is 5.94.